The second kappa shape index (κ2) is 13.6. The van der Waals surface area contributed by atoms with Gasteiger partial charge in [-0.05, 0) is 52.6 Å². The highest BCUT2D eigenvalue weighted by atomic mass is 15.0. The van der Waals surface area contributed by atoms with Gasteiger partial charge in [-0.3, -0.25) is 0 Å². The molecule has 0 N–H and O–H groups in total. The predicted octanol–water partition coefficient (Wildman–Crippen LogP) is 10.8. The van der Waals surface area contributed by atoms with Crippen molar-refractivity contribution in [3.8, 4) is 85.0 Å². The summed E-state index contributed by atoms with van der Waals surface area (Å²) in [5, 5.41) is 9.51. The van der Waals surface area contributed by atoms with Crippen LogP contribution in [0.15, 0.2) is 176 Å². The molecule has 0 saturated carbocycles. The molecule has 234 valence electrons. The van der Waals surface area contributed by atoms with E-state index in [1.807, 2.05) is 78.9 Å². The van der Waals surface area contributed by atoms with Gasteiger partial charge in [-0.25, -0.2) is 19.9 Å². The summed E-state index contributed by atoms with van der Waals surface area (Å²) in [6.45, 7) is 0. The number of pyridine rings is 1. The minimum Gasteiger partial charge on any atom is -0.248 e. The zero-order chi connectivity index (χ0) is 33.7. The van der Waals surface area contributed by atoms with Crippen molar-refractivity contribution in [3.05, 3.63) is 181 Å². The van der Waals surface area contributed by atoms with Gasteiger partial charge in [-0.15, -0.1) is 0 Å². The van der Waals surface area contributed by atoms with E-state index in [2.05, 4.69) is 91.0 Å². The Morgan fingerprint density at radius 3 is 1.32 bits per heavy atom. The van der Waals surface area contributed by atoms with Crippen molar-refractivity contribution in [1.82, 2.24) is 19.9 Å². The Hall–Kier alpha value is -7.03. The second-order valence-corrected chi connectivity index (χ2v) is 11.9. The molecule has 5 heteroatoms. The average Bonchev–Trinajstić information content (AvgIpc) is 3.21. The summed E-state index contributed by atoms with van der Waals surface area (Å²) in [5.41, 5.74) is 11.4. The molecule has 0 aliphatic heterocycles. The van der Waals surface area contributed by atoms with Crippen LogP contribution in [0.3, 0.4) is 0 Å². The van der Waals surface area contributed by atoms with E-state index < -0.39 is 0 Å². The summed E-state index contributed by atoms with van der Waals surface area (Å²) in [5.74, 6) is 1.65. The van der Waals surface area contributed by atoms with E-state index in [4.69, 9.17) is 19.9 Å². The zero-order valence-electron chi connectivity index (χ0n) is 27.0. The van der Waals surface area contributed by atoms with Gasteiger partial charge < -0.3 is 0 Å². The number of nitriles is 1. The Balaban J connectivity index is 1.16. The van der Waals surface area contributed by atoms with Gasteiger partial charge in [-0.2, -0.15) is 5.26 Å². The van der Waals surface area contributed by atoms with E-state index in [1.165, 1.54) is 0 Å². The molecule has 50 heavy (non-hydrogen) atoms. The molecule has 0 bridgehead atoms. The smallest absolute Gasteiger partial charge is 0.164 e. The van der Waals surface area contributed by atoms with E-state index in [-0.39, 0.29) is 0 Å². The molecule has 0 atom stereocenters. The Kier molecular flexibility index (Phi) is 8.25. The van der Waals surface area contributed by atoms with Crippen molar-refractivity contribution in [2.24, 2.45) is 0 Å². The lowest BCUT2D eigenvalue weighted by Gasteiger charge is -2.11. The van der Waals surface area contributed by atoms with Crippen LogP contribution in [0.5, 0.6) is 0 Å². The highest BCUT2D eigenvalue weighted by Gasteiger charge is 2.14. The summed E-state index contributed by atoms with van der Waals surface area (Å²) in [7, 11) is 0. The molecule has 0 aliphatic rings. The highest BCUT2D eigenvalue weighted by molar-refractivity contribution is 5.79. The van der Waals surface area contributed by atoms with Crippen molar-refractivity contribution in [3.63, 3.8) is 0 Å². The minimum absolute atomic E-state index is 0.515. The van der Waals surface area contributed by atoms with Crippen molar-refractivity contribution < 1.29 is 0 Å². The maximum atomic E-state index is 9.51. The summed E-state index contributed by atoms with van der Waals surface area (Å²) in [4.78, 5) is 19.7. The molecular formula is C45H29N5. The summed E-state index contributed by atoms with van der Waals surface area (Å²) in [6, 6.07) is 61.2. The van der Waals surface area contributed by atoms with Crippen molar-refractivity contribution in [2.75, 3.05) is 0 Å². The van der Waals surface area contributed by atoms with Crippen LogP contribution in [0.25, 0.3) is 78.9 Å². The monoisotopic (exact) mass is 639 g/mol. The lowest BCUT2D eigenvalue weighted by Crippen LogP contribution is -2.00. The van der Waals surface area contributed by atoms with Crippen LogP contribution >= 0.6 is 0 Å². The van der Waals surface area contributed by atoms with Gasteiger partial charge in [0.2, 0.25) is 0 Å². The van der Waals surface area contributed by atoms with E-state index in [0.29, 0.717) is 23.0 Å². The van der Waals surface area contributed by atoms with Crippen molar-refractivity contribution >= 4 is 0 Å². The predicted molar refractivity (Wildman–Crippen MR) is 200 cm³/mol. The Labute approximate surface area is 290 Å². The van der Waals surface area contributed by atoms with Gasteiger partial charge in [0, 0.05) is 27.8 Å². The zero-order valence-corrected chi connectivity index (χ0v) is 27.0. The molecule has 8 rings (SSSR count). The molecule has 0 unspecified atom stereocenters. The fourth-order valence-electron chi connectivity index (χ4n) is 5.98. The molecule has 6 aromatic carbocycles. The maximum absolute atomic E-state index is 9.51. The number of hydrogen-bond donors (Lipinski definition) is 0. The topological polar surface area (TPSA) is 75.3 Å². The molecule has 5 nitrogen and oxygen atoms in total. The molecule has 0 radical (unpaired) electrons. The standard InChI is InChI=1S/C45H29N5/c46-30-31-12-10-20-38(26-31)44-48-43(36-17-8-3-9-18-36)49-45(50-44)39-21-11-19-37(27-39)33-22-24-35(25-23-33)42-29-40(32-13-4-1-5-14-32)28-41(47-42)34-15-6-2-7-16-34/h1-29H. The second-order valence-electron chi connectivity index (χ2n) is 11.9. The number of nitrogens with zero attached hydrogens (tertiary/aromatic N) is 5. The largest absolute Gasteiger partial charge is 0.248 e. The van der Waals surface area contributed by atoms with Crippen LogP contribution in [0.2, 0.25) is 0 Å². The molecular weight excluding hydrogens is 611 g/mol. The van der Waals surface area contributed by atoms with Crippen LogP contribution in [0, 0.1) is 11.3 Å². The fraction of sp³-hybridized carbons (Fsp3) is 0. The van der Waals surface area contributed by atoms with Crippen molar-refractivity contribution in [1.29, 1.82) is 5.26 Å². The van der Waals surface area contributed by atoms with E-state index >= 15 is 0 Å². The first-order valence-electron chi connectivity index (χ1n) is 16.4. The van der Waals surface area contributed by atoms with Crippen LogP contribution in [-0.4, -0.2) is 19.9 Å². The Morgan fingerprint density at radius 2 is 0.720 bits per heavy atom. The number of rotatable bonds is 7. The lowest BCUT2D eigenvalue weighted by atomic mass is 9.98. The molecule has 2 heterocycles. The molecule has 8 aromatic rings. The summed E-state index contributed by atoms with van der Waals surface area (Å²) < 4.78 is 0. The average molecular weight is 640 g/mol. The van der Waals surface area contributed by atoms with Gasteiger partial charge in [0.1, 0.15) is 0 Å². The first-order chi connectivity index (χ1) is 24.7. The van der Waals surface area contributed by atoms with Crippen molar-refractivity contribution in [2.45, 2.75) is 0 Å². The summed E-state index contributed by atoms with van der Waals surface area (Å²) >= 11 is 0. The molecule has 0 spiro atoms. The molecule has 0 fully saturated rings. The molecule has 0 saturated heterocycles. The SMILES string of the molecule is N#Cc1cccc(-c2nc(-c3ccccc3)nc(-c3cccc(-c4ccc(-c5cc(-c6ccccc6)cc(-c6ccccc6)n5)cc4)c3)n2)c1. The van der Waals surface area contributed by atoms with Gasteiger partial charge in [0.05, 0.1) is 23.0 Å². The number of aromatic nitrogens is 4. The third-order valence-electron chi connectivity index (χ3n) is 8.55. The van der Waals surface area contributed by atoms with Gasteiger partial charge in [-0.1, -0.05) is 146 Å². The minimum atomic E-state index is 0.515. The first-order valence-corrected chi connectivity index (χ1v) is 16.4. The normalized spacial score (nSPS) is 10.8. The molecule has 2 aromatic heterocycles. The maximum Gasteiger partial charge on any atom is 0.164 e. The fourth-order valence-corrected chi connectivity index (χ4v) is 5.98. The third kappa shape index (κ3) is 6.42. The lowest BCUT2D eigenvalue weighted by molar-refractivity contribution is 1.07. The third-order valence-corrected chi connectivity index (χ3v) is 8.55. The van der Waals surface area contributed by atoms with E-state index in [0.717, 1.165) is 61.5 Å². The van der Waals surface area contributed by atoms with Gasteiger partial charge >= 0.3 is 0 Å². The Morgan fingerprint density at radius 1 is 0.300 bits per heavy atom. The van der Waals surface area contributed by atoms with Gasteiger partial charge in [0.25, 0.3) is 0 Å². The quantitative estimate of drug-likeness (QED) is 0.173. The molecule has 0 amide bonds. The number of hydrogen-bond acceptors (Lipinski definition) is 5. The van der Waals surface area contributed by atoms with E-state index in [1.54, 1.807) is 12.1 Å². The number of benzene rings is 6. The van der Waals surface area contributed by atoms with Crippen LogP contribution in [-0.2, 0) is 0 Å². The Bertz CT molecular complexity index is 2410. The van der Waals surface area contributed by atoms with Crippen LogP contribution < -0.4 is 0 Å². The summed E-state index contributed by atoms with van der Waals surface area (Å²) in [6.07, 6.45) is 0. The van der Waals surface area contributed by atoms with Crippen LogP contribution in [0.4, 0.5) is 0 Å². The van der Waals surface area contributed by atoms with Gasteiger partial charge in [0.15, 0.2) is 17.5 Å². The first kappa shape index (κ1) is 30.3. The van der Waals surface area contributed by atoms with E-state index in [9.17, 15) is 5.26 Å². The van der Waals surface area contributed by atoms with Crippen LogP contribution in [0.1, 0.15) is 5.56 Å². The highest BCUT2D eigenvalue weighted by Crippen LogP contribution is 2.33. The molecule has 0 aliphatic carbocycles.